The van der Waals surface area contributed by atoms with Crippen molar-refractivity contribution < 1.29 is 9.21 Å². The summed E-state index contributed by atoms with van der Waals surface area (Å²) in [5.41, 5.74) is 1.82. The Labute approximate surface area is 165 Å². The SMILES string of the molecule is O=C(C#Cc1ccc(Cl)cc1)N1CCN(c2nc3nc(Cl)ccc3o2)CC1. The van der Waals surface area contributed by atoms with Gasteiger partial charge >= 0.3 is 0 Å². The molecule has 0 saturated carbocycles. The molecular formula is C19H14Cl2N4O2. The number of aromatic nitrogens is 2. The first-order valence-corrected chi connectivity index (χ1v) is 9.08. The average Bonchev–Trinajstić information content (AvgIpc) is 3.10. The number of fused-ring (bicyclic) bond motifs is 1. The van der Waals surface area contributed by atoms with Crippen molar-refractivity contribution in [2.45, 2.75) is 0 Å². The number of carbonyl (C=O) groups is 1. The first-order valence-electron chi connectivity index (χ1n) is 8.33. The van der Waals surface area contributed by atoms with Crippen molar-refractivity contribution in [3.8, 4) is 11.8 Å². The number of hydrogen-bond acceptors (Lipinski definition) is 5. The van der Waals surface area contributed by atoms with E-state index in [1.165, 1.54) is 0 Å². The van der Waals surface area contributed by atoms with Gasteiger partial charge in [-0.05, 0) is 36.4 Å². The summed E-state index contributed by atoms with van der Waals surface area (Å²) >= 11 is 11.7. The third-order valence-electron chi connectivity index (χ3n) is 4.20. The van der Waals surface area contributed by atoms with Crippen molar-refractivity contribution in [1.29, 1.82) is 0 Å². The molecule has 4 rings (SSSR count). The van der Waals surface area contributed by atoms with Gasteiger partial charge in [0.1, 0.15) is 5.15 Å². The maximum Gasteiger partial charge on any atom is 0.300 e. The Balaban J connectivity index is 1.39. The van der Waals surface area contributed by atoms with E-state index in [4.69, 9.17) is 27.6 Å². The number of benzene rings is 1. The molecule has 0 spiro atoms. The lowest BCUT2D eigenvalue weighted by Crippen LogP contribution is -2.48. The molecule has 1 fully saturated rings. The van der Waals surface area contributed by atoms with Crippen LogP contribution in [0.1, 0.15) is 5.56 Å². The van der Waals surface area contributed by atoms with Gasteiger partial charge in [-0.2, -0.15) is 4.98 Å². The molecule has 1 aromatic carbocycles. The second kappa shape index (κ2) is 7.47. The van der Waals surface area contributed by atoms with Gasteiger partial charge in [-0.25, -0.2) is 4.98 Å². The van der Waals surface area contributed by atoms with E-state index in [-0.39, 0.29) is 5.91 Å². The monoisotopic (exact) mass is 400 g/mol. The van der Waals surface area contributed by atoms with Gasteiger partial charge in [0.05, 0.1) is 0 Å². The van der Waals surface area contributed by atoms with E-state index in [9.17, 15) is 4.79 Å². The van der Waals surface area contributed by atoms with Crippen LogP contribution in [-0.4, -0.2) is 47.0 Å². The number of pyridine rings is 1. The van der Waals surface area contributed by atoms with Crippen molar-refractivity contribution >= 4 is 46.4 Å². The molecule has 1 aliphatic rings. The van der Waals surface area contributed by atoms with Crippen LogP contribution < -0.4 is 4.90 Å². The fourth-order valence-corrected chi connectivity index (χ4v) is 3.03. The first kappa shape index (κ1) is 17.7. The summed E-state index contributed by atoms with van der Waals surface area (Å²) < 4.78 is 5.72. The molecular weight excluding hydrogens is 387 g/mol. The van der Waals surface area contributed by atoms with Gasteiger partial charge in [-0.3, -0.25) is 4.79 Å². The number of nitrogens with zero attached hydrogens (tertiary/aromatic N) is 4. The lowest BCUT2D eigenvalue weighted by molar-refractivity contribution is -0.125. The van der Waals surface area contributed by atoms with Crippen LogP contribution in [0.15, 0.2) is 40.8 Å². The van der Waals surface area contributed by atoms with Crippen LogP contribution in [0.4, 0.5) is 6.01 Å². The Hall–Kier alpha value is -2.75. The minimum absolute atomic E-state index is 0.199. The fourth-order valence-electron chi connectivity index (χ4n) is 2.76. The van der Waals surface area contributed by atoms with E-state index in [1.807, 2.05) is 4.90 Å². The Bertz CT molecular complexity index is 1040. The molecule has 0 radical (unpaired) electrons. The molecule has 1 aliphatic heterocycles. The number of anilines is 1. The number of piperazine rings is 1. The minimum atomic E-state index is -0.199. The molecule has 3 heterocycles. The highest BCUT2D eigenvalue weighted by Crippen LogP contribution is 2.23. The molecule has 1 amide bonds. The van der Waals surface area contributed by atoms with Crippen molar-refractivity contribution in [2.24, 2.45) is 0 Å². The summed E-state index contributed by atoms with van der Waals surface area (Å²) in [4.78, 5) is 24.5. The second-order valence-electron chi connectivity index (χ2n) is 5.99. The van der Waals surface area contributed by atoms with E-state index in [0.717, 1.165) is 5.56 Å². The highest BCUT2D eigenvalue weighted by molar-refractivity contribution is 6.30. The molecule has 2 aromatic heterocycles. The Morgan fingerprint density at radius 3 is 2.48 bits per heavy atom. The number of amides is 1. The molecule has 27 heavy (non-hydrogen) atoms. The van der Waals surface area contributed by atoms with Crippen molar-refractivity contribution in [3.05, 3.63) is 52.1 Å². The topological polar surface area (TPSA) is 62.5 Å². The maximum atomic E-state index is 12.3. The molecule has 0 atom stereocenters. The lowest BCUT2D eigenvalue weighted by atomic mass is 10.2. The largest absolute Gasteiger partial charge is 0.422 e. The number of halogens is 2. The van der Waals surface area contributed by atoms with Gasteiger partial charge in [0.15, 0.2) is 5.58 Å². The fraction of sp³-hybridized carbons (Fsp3) is 0.211. The summed E-state index contributed by atoms with van der Waals surface area (Å²) in [6.07, 6.45) is 0. The van der Waals surface area contributed by atoms with Gasteiger partial charge in [0, 0.05) is 42.7 Å². The third-order valence-corrected chi connectivity index (χ3v) is 4.67. The maximum absolute atomic E-state index is 12.3. The van der Waals surface area contributed by atoms with Gasteiger partial charge in [0.2, 0.25) is 5.65 Å². The van der Waals surface area contributed by atoms with E-state index < -0.39 is 0 Å². The molecule has 1 saturated heterocycles. The summed E-state index contributed by atoms with van der Waals surface area (Å²) in [5.74, 6) is 5.35. The van der Waals surface area contributed by atoms with Gasteiger partial charge < -0.3 is 14.2 Å². The molecule has 136 valence electrons. The Morgan fingerprint density at radius 2 is 1.74 bits per heavy atom. The minimum Gasteiger partial charge on any atom is -0.422 e. The summed E-state index contributed by atoms with van der Waals surface area (Å²) in [6, 6.07) is 11.0. The molecule has 0 bridgehead atoms. The smallest absolute Gasteiger partial charge is 0.300 e. The summed E-state index contributed by atoms with van der Waals surface area (Å²) in [5, 5.41) is 1.01. The quantitative estimate of drug-likeness (QED) is 0.463. The van der Waals surface area contributed by atoms with Crippen LogP contribution in [0, 0.1) is 11.8 Å². The van der Waals surface area contributed by atoms with Crippen LogP contribution in [0.3, 0.4) is 0 Å². The Kier molecular flexibility index (Phi) is 4.88. The summed E-state index contributed by atoms with van der Waals surface area (Å²) in [7, 11) is 0. The van der Waals surface area contributed by atoms with Crippen LogP contribution in [-0.2, 0) is 4.79 Å². The van der Waals surface area contributed by atoms with Crippen molar-refractivity contribution in [2.75, 3.05) is 31.1 Å². The van der Waals surface area contributed by atoms with E-state index in [2.05, 4.69) is 21.8 Å². The average molecular weight is 401 g/mol. The van der Waals surface area contributed by atoms with Gasteiger partial charge in [-0.1, -0.05) is 29.1 Å². The van der Waals surface area contributed by atoms with Crippen LogP contribution in [0.5, 0.6) is 0 Å². The zero-order valence-corrected chi connectivity index (χ0v) is 15.7. The van der Waals surface area contributed by atoms with Gasteiger partial charge in [0.25, 0.3) is 11.9 Å². The number of carbonyl (C=O) groups excluding carboxylic acids is 1. The molecule has 0 unspecified atom stereocenters. The van der Waals surface area contributed by atoms with Crippen molar-refractivity contribution in [3.63, 3.8) is 0 Å². The third kappa shape index (κ3) is 4.00. The van der Waals surface area contributed by atoms with E-state index in [0.29, 0.717) is 53.6 Å². The van der Waals surface area contributed by atoms with Crippen molar-refractivity contribution in [1.82, 2.24) is 14.9 Å². The number of hydrogen-bond donors (Lipinski definition) is 0. The highest BCUT2D eigenvalue weighted by Gasteiger charge is 2.23. The Morgan fingerprint density at radius 1 is 1.00 bits per heavy atom. The number of oxazole rings is 1. The standard InChI is InChI=1S/C19H14Cl2N4O2/c20-14-4-1-13(2-5-14)3-8-17(26)24-9-11-25(12-10-24)19-23-18-15(27-19)6-7-16(21)22-18/h1-2,4-7H,9-12H2. The molecule has 0 aliphatic carbocycles. The zero-order valence-electron chi connectivity index (χ0n) is 14.2. The van der Waals surface area contributed by atoms with Crippen LogP contribution in [0.2, 0.25) is 10.2 Å². The van der Waals surface area contributed by atoms with Crippen LogP contribution in [0.25, 0.3) is 11.2 Å². The molecule has 8 heteroatoms. The second-order valence-corrected chi connectivity index (χ2v) is 6.81. The number of rotatable bonds is 1. The van der Waals surface area contributed by atoms with Crippen LogP contribution >= 0.6 is 23.2 Å². The molecule has 3 aromatic rings. The molecule has 0 N–H and O–H groups in total. The lowest BCUT2D eigenvalue weighted by Gasteiger charge is -2.32. The van der Waals surface area contributed by atoms with E-state index >= 15 is 0 Å². The first-order chi connectivity index (χ1) is 13.1. The normalized spacial score (nSPS) is 14.1. The predicted molar refractivity (Wildman–Crippen MR) is 104 cm³/mol. The highest BCUT2D eigenvalue weighted by atomic mass is 35.5. The molecule has 6 nitrogen and oxygen atoms in total. The van der Waals surface area contributed by atoms with Gasteiger partial charge in [-0.15, -0.1) is 0 Å². The predicted octanol–water partition coefficient (Wildman–Crippen LogP) is 3.23. The zero-order chi connectivity index (χ0) is 18.8. The summed E-state index contributed by atoms with van der Waals surface area (Å²) in [6.45, 7) is 2.30. The van der Waals surface area contributed by atoms with E-state index in [1.54, 1.807) is 41.3 Å².